The van der Waals surface area contributed by atoms with Gasteiger partial charge in [0.15, 0.2) is 5.79 Å². The summed E-state index contributed by atoms with van der Waals surface area (Å²) in [7, 11) is -8.16. The quantitative estimate of drug-likeness (QED) is 0.584. The highest BCUT2D eigenvalue weighted by molar-refractivity contribution is 7.84. The molecule has 4 aliphatic rings. The minimum Gasteiger partial charge on any atom is -0.343 e. The van der Waals surface area contributed by atoms with E-state index in [4.69, 9.17) is 26.8 Å². The van der Waals surface area contributed by atoms with Gasteiger partial charge < -0.3 is 14.2 Å². The maximum absolute atomic E-state index is 12.5. The second-order valence-corrected chi connectivity index (χ2v) is 10.3. The van der Waals surface area contributed by atoms with Crippen LogP contribution in [0.3, 0.4) is 0 Å². The molecule has 0 radical (unpaired) electrons. The average molecular weight is 429 g/mol. The SMILES string of the molecule is CC1(C)O[C@H]2[C@@H]3OS(=O)(=O)O[C@@H]3CO[C@@]2(COS(=O)(=O)N2CCCCC2)O1. The van der Waals surface area contributed by atoms with Crippen LogP contribution in [-0.4, -0.2) is 77.3 Å². The van der Waals surface area contributed by atoms with Gasteiger partial charge in [-0.3, -0.25) is 4.18 Å². The Balaban J connectivity index is 1.54. The predicted molar refractivity (Wildman–Crippen MR) is 87.7 cm³/mol. The molecule has 4 rings (SSSR count). The molecule has 0 bridgehead atoms. The third-order valence-corrected chi connectivity index (χ3v) is 7.28. The van der Waals surface area contributed by atoms with Crippen molar-refractivity contribution >= 4 is 20.7 Å². The Hall–Kier alpha value is -0.380. The lowest BCUT2D eigenvalue weighted by atomic mass is 9.98. The standard InChI is InChI=1S/C14H23NO10S2/c1-13(2)22-12-11-10(23-27(18,19)24-11)8-20-14(12,25-13)9-21-26(16,17)15-6-4-3-5-7-15/h10-12H,3-9H2,1-2H3/t10-,11-,12+,14+/m1/s1. The summed E-state index contributed by atoms with van der Waals surface area (Å²) in [6.45, 7) is 3.33. The van der Waals surface area contributed by atoms with Crippen LogP contribution >= 0.6 is 0 Å². The molecule has 4 fully saturated rings. The first-order valence-electron chi connectivity index (χ1n) is 8.80. The summed E-state index contributed by atoms with van der Waals surface area (Å²) in [5.74, 6) is -2.79. The Morgan fingerprint density at radius 3 is 2.56 bits per heavy atom. The zero-order valence-corrected chi connectivity index (χ0v) is 16.7. The Bertz CT molecular complexity index is 791. The third kappa shape index (κ3) is 3.76. The molecule has 156 valence electrons. The summed E-state index contributed by atoms with van der Waals surface area (Å²) in [5, 5.41) is 0. The van der Waals surface area contributed by atoms with E-state index >= 15 is 0 Å². The second-order valence-electron chi connectivity index (χ2n) is 7.45. The van der Waals surface area contributed by atoms with Crippen LogP contribution in [-0.2, 0) is 47.5 Å². The molecular weight excluding hydrogens is 406 g/mol. The molecule has 0 spiro atoms. The summed E-state index contributed by atoms with van der Waals surface area (Å²) in [4.78, 5) is 0. The van der Waals surface area contributed by atoms with Crippen LogP contribution in [0, 0.1) is 0 Å². The highest BCUT2D eigenvalue weighted by atomic mass is 32.3. The molecule has 0 saturated carbocycles. The highest BCUT2D eigenvalue weighted by Crippen LogP contribution is 2.46. The molecule has 13 heteroatoms. The molecule has 0 aromatic carbocycles. The molecule has 0 aromatic rings. The van der Waals surface area contributed by atoms with Crippen LogP contribution in [0.5, 0.6) is 0 Å². The lowest BCUT2D eigenvalue weighted by molar-refractivity contribution is -0.290. The van der Waals surface area contributed by atoms with Crippen molar-refractivity contribution in [1.29, 1.82) is 0 Å². The molecule has 11 nitrogen and oxygen atoms in total. The fourth-order valence-corrected chi connectivity index (χ4v) is 5.99. The predicted octanol–water partition coefficient (Wildman–Crippen LogP) is -0.359. The van der Waals surface area contributed by atoms with Gasteiger partial charge in [-0.05, 0) is 26.7 Å². The molecule has 0 amide bonds. The zero-order chi connectivity index (χ0) is 19.5. The summed E-state index contributed by atoms with van der Waals surface area (Å²) < 4.78 is 81.9. The number of fused-ring (bicyclic) bond motifs is 3. The Labute approximate surface area is 158 Å². The smallest absolute Gasteiger partial charge is 0.343 e. The van der Waals surface area contributed by atoms with E-state index in [0.717, 1.165) is 19.3 Å². The molecule has 0 N–H and O–H groups in total. The topological polar surface area (TPSA) is 127 Å². The third-order valence-electron chi connectivity index (χ3n) is 4.93. The summed E-state index contributed by atoms with van der Waals surface area (Å²) in [6.07, 6.45) is -0.448. The average Bonchev–Trinajstić information content (AvgIpc) is 3.05. The largest absolute Gasteiger partial charge is 0.400 e. The van der Waals surface area contributed by atoms with Crippen LogP contribution in [0.4, 0.5) is 0 Å². The van der Waals surface area contributed by atoms with E-state index in [-0.39, 0.29) is 6.61 Å². The number of nitrogens with zero attached hydrogens (tertiary/aromatic N) is 1. The number of rotatable bonds is 4. The summed E-state index contributed by atoms with van der Waals surface area (Å²) >= 11 is 0. The maximum atomic E-state index is 12.5. The lowest BCUT2D eigenvalue weighted by Gasteiger charge is -2.39. The second kappa shape index (κ2) is 6.57. The normalized spacial score (nSPS) is 41.2. The van der Waals surface area contributed by atoms with Gasteiger partial charge in [-0.2, -0.15) is 21.1 Å². The highest BCUT2D eigenvalue weighted by Gasteiger charge is 2.66. The van der Waals surface area contributed by atoms with E-state index in [1.807, 2.05) is 0 Å². The van der Waals surface area contributed by atoms with Crippen LogP contribution < -0.4 is 0 Å². The maximum Gasteiger partial charge on any atom is 0.400 e. The van der Waals surface area contributed by atoms with Crippen LogP contribution in [0.15, 0.2) is 0 Å². The van der Waals surface area contributed by atoms with Gasteiger partial charge in [-0.1, -0.05) is 6.42 Å². The first-order chi connectivity index (χ1) is 12.5. The molecule has 4 atom stereocenters. The monoisotopic (exact) mass is 429 g/mol. The summed E-state index contributed by atoms with van der Waals surface area (Å²) in [6, 6.07) is 0. The van der Waals surface area contributed by atoms with Crippen molar-refractivity contribution in [3.63, 3.8) is 0 Å². The molecular formula is C14H23NO10S2. The first kappa shape index (κ1) is 19.9. The van der Waals surface area contributed by atoms with Gasteiger partial charge in [0, 0.05) is 13.1 Å². The first-order valence-corrected chi connectivity index (χ1v) is 11.5. The van der Waals surface area contributed by atoms with Gasteiger partial charge >= 0.3 is 20.7 Å². The Morgan fingerprint density at radius 2 is 1.85 bits per heavy atom. The summed E-state index contributed by atoms with van der Waals surface area (Å²) in [5.41, 5.74) is 0. The Kier molecular flexibility index (Phi) is 4.85. The van der Waals surface area contributed by atoms with Gasteiger partial charge in [-0.25, -0.2) is 8.37 Å². The molecule has 4 aliphatic heterocycles. The van der Waals surface area contributed by atoms with Crippen molar-refractivity contribution < 1.29 is 43.6 Å². The number of hydrogen-bond donors (Lipinski definition) is 0. The van der Waals surface area contributed by atoms with E-state index in [0.29, 0.717) is 13.1 Å². The van der Waals surface area contributed by atoms with Gasteiger partial charge in [-0.15, -0.1) is 0 Å². The van der Waals surface area contributed by atoms with Gasteiger partial charge in [0.2, 0.25) is 5.79 Å². The Morgan fingerprint density at radius 1 is 1.15 bits per heavy atom. The minimum atomic E-state index is -4.17. The fourth-order valence-electron chi connectivity index (χ4n) is 3.81. The van der Waals surface area contributed by atoms with Crippen molar-refractivity contribution in [2.75, 3.05) is 26.3 Å². The minimum absolute atomic E-state index is 0.174. The van der Waals surface area contributed by atoms with E-state index in [2.05, 4.69) is 0 Å². The molecule has 0 unspecified atom stereocenters. The fraction of sp³-hybridized carbons (Fsp3) is 1.00. The van der Waals surface area contributed by atoms with E-state index in [1.54, 1.807) is 13.8 Å². The lowest BCUT2D eigenvalue weighted by Crippen LogP contribution is -2.60. The van der Waals surface area contributed by atoms with E-state index in [9.17, 15) is 16.8 Å². The van der Waals surface area contributed by atoms with Gasteiger partial charge in [0.1, 0.15) is 24.9 Å². The number of hydrogen-bond acceptors (Lipinski definition) is 10. The molecule has 4 saturated heterocycles. The van der Waals surface area contributed by atoms with Crippen molar-refractivity contribution in [3.8, 4) is 0 Å². The van der Waals surface area contributed by atoms with Gasteiger partial charge in [0.25, 0.3) is 0 Å². The van der Waals surface area contributed by atoms with Crippen molar-refractivity contribution in [1.82, 2.24) is 4.31 Å². The van der Waals surface area contributed by atoms with E-state index in [1.165, 1.54) is 4.31 Å². The van der Waals surface area contributed by atoms with Gasteiger partial charge in [0.05, 0.1) is 6.61 Å². The number of piperidine rings is 1. The number of ether oxygens (including phenoxy) is 3. The molecule has 27 heavy (non-hydrogen) atoms. The van der Waals surface area contributed by atoms with Crippen LogP contribution in [0.1, 0.15) is 33.1 Å². The molecule has 0 aromatic heterocycles. The molecule has 4 heterocycles. The van der Waals surface area contributed by atoms with E-state index < -0.39 is 57.2 Å². The van der Waals surface area contributed by atoms with Crippen molar-refractivity contribution in [2.45, 2.75) is 63.0 Å². The van der Waals surface area contributed by atoms with Crippen LogP contribution in [0.25, 0.3) is 0 Å². The van der Waals surface area contributed by atoms with Crippen LogP contribution in [0.2, 0.25) is 0 Å². The zero-order valence-electron chi connectivity index (χ0n) is 15.0. The van der Waals surface area contributed by atoms with Crippen molar-refractivity contribution in [3.05, 3.63) is 0 Å². The van der Waals surface area contributed by atoms with Crippen molar-refractivity contribution in [2.24, 2.45) is 0 Å². The molecule has 0 aliphatic carbocycles.